The van der Waals surface area contributed by atoms with E-state index < -0.39 is 0 Å². The summed E-state index contributed by atoms with van der Waals surface area (Å²) in [4.78, 5) is 3.94. The summed E-state index contributed by atoms with van der Waals surface area (Å²) in [5.74, 6) is 0. The van der Waals surface area contributed by atoms with Crippen molar-refractivity contribution in [3.63, 3.8) is 0 Å². The Labute approximate surface area is 54.2 Å². The Morgan fingerprint density at radius 2 is 2.25 bits per heavy atom. The second-order valence-electron chi connectivity index (χ2n) is 1.05. The van der Waals surface area contributed by atoms with E-state index in [4.69, 9.17) is 0 Å². The van der Waals surface area contributed by atoms with E-state index >= 15 is 0 Å². The van der Waals surface area contributed by atoms with Crippen LogP contribution in [-0.2, 0) is 0 Å². The van der Waals surface area contributed by atoms with Gasteiger partial charge in [0.25, 0.3) is 0 Å². The standard InChI is InChI=1S/C4H5NS.CH4.H3N/c1-4-5-2-3-6-4;;/h2-3H,1H3;1H4;1H3. The van der Waals surface area contributed by atoms with Gasteiger partial charge >= 0.3 is 0 Å². The number of aryl methyl sites for hydroxylation is 1. The van der Waals surface area contributed by atoms with Gasteiger partial charge < -0.3 is 6.15 Å². The topological polar surface area (TPSA) is 47.9 Å². The highest BCUT2D eigenvalue weighted by molar-refractivity contribution is 7.09. The van der Waals surface area contributed by atoms with E-state index in [1.54, 1.807) is 17.5 Å². The molecule has 0 radical (unpaired) electrons. The maximum absolute atomic E-state index is 3.94. The first kappa shape index (κ1) is 10.5. The quantitative estimate of drug-likeness (QED) is 0.588. The van der Waals surface area contributed by atoms with E-state index in [9.17, 15) is 0 Å². The zero-order valence-corrected chi connectivity index (χ0v) is 5.03. The maximum Gasteiger partial charge on any atom is 0.0893 e. The second kappa shape index (κ2) is 4.74. The van der Waals surface area contributed by atoms with Crippen LogP contribution in [-0.4, -0.2) is 4.98 Å². The average molecular weight is 132 g/mol. The van der Waals surface area contributed by atoms with Crippen molar-refractivity contribution in [3.05, 3.63) is 16.6 Å². The minimum atomic E-state index is 0. The predicted octanol–water partition coefficient (Wildman–Crippen LogP) is 2.25. The van der Waals surface area contributed by atoms with Crippen LogP contribution in [0.3, 0.4) is 0 Å². The van der Waals surface area contributed by atoms with E-state index in [0.29, 0.717) is 0 Å². The molecule has 1 aromatic heterocycles. The molecule has 0 spiro atoms. The van der Waals surface area contributed by atoms with E-state index in [0.717, 1.165) is 5.01 Å². The predicted molar refractivity (Wildman–Crippen MR) is 38.6 cm³/mol. The Morgan fingerprint density at radius 3 is 2.38 bits per heavy atom. The highest BCUT2D eigenvalue weighted by Gasteiger charge is 1.76. The third kappa shape index (κ3) is 2.71. The molecule has 0 bridgehead atoms. The monoisotopic (exact) mass is 132 g/mol. The first-order valence-corrected chi connectivity index (χ1v) is 2.63. The maximum atomic E-state index is 3.94. The molecule has 0 aromatic carbocycles. The van der Waals surface area contributed by atoms with Gasteiger partial charge in [-0.05, 0) is 6.92 Å². The minimum Gasteiger partial charge on any atom is -0.344 e. The van der Waals surface area contributed by atoms with Gasteiger partial charge in [0.1, 0.15) is 0 Å². The van der Waals surface area contributed by atoms with Crippen LogP contribution in [0.4, 0.5) is 0 Å². The van der Waals surface area contributed by atoms with Gasteiger partial charge in [-0.2, -0.15) is 0 Å². The van der Waals surface area contributed by atoms with E-state index in [2.05, 4.69) is 4.98 Å². The van der Waals surface area contributed by atoms with Crippen molar-refractivity contribution in [2.75, 3.05) is 0 Å². The fraction of sp³-hybridized carbons (Fsp3) is 0.400. The Balaban J connectivity index is 0. The summed E-state index contributed by atoms with van der Waals surface area (Å²) in [7, 11) is 0. The summed E-state index contributed by atoms with van der Waals surface area (Å²) in [6.07, 6.45) is 1.81. The lowest BCUT2D eigenvalue weighted by Gasteiger charge is -1.65. The smallest absolute Gasteiger partial charge is 0.0893 e. The fourth-order valence-corrected chi connectivity index (χ4v) is 0.735. The molecular weight excluding hydrogens is 120 g/mol. The Bertz CT molecular complexity index is 114. The first-order chi connectivity index (χ1) is 2.89. The molecule has 0 aliphatic rings. The molecule has 1 rings (SSSR count). The van der Waals surface area contributed by atoms with Crippen LogP contribution in [0, 0.1) is 6.92 Å². The van der Waals surface area contributed by atoms with Gasteiger partial charge in [0.2, 0.25) is 0 Å². The average Bonchev–Trinajstić information content (AvgIpc) is 1.86. The molecule has 3 heteroatoms. The number of thiazole rings is 1. The molecule has 0 saturated carbocycles. The van der Waals surface area contributed by atoms with Crippen LogP contribution < -0.4 is 6.15 Å². The normalized spacial score (nSPS) is 6.62. The van der Waals surface area contributed by atoms with Crippen LogP contribution in [0.25, 0.3) is 0 Å². The summed E-state index contributed by atoms with van der Waals surface area (Å²) in [5.41, 5.74) is 0. The van der Waals surface area contributed by atoms with Crippen molar-refractivity contribution >= 4 is 11.3 Å². The molecule has 0 aliphatic heterocycles. The van der Waals surface area contributed by atoms with E-state index in [-0.39, 0.29) is 13.6 Å². The van der Waals surface area contributed by atoms with Crippen LogP contribution in [0.5, 0.6) is 0 Å². The van der Waals surface area contributed by atoms with Crippen LogP contribution in [0.1, 0.15) is 12.4 Å². The van der Waals surface area contributed by atoms with Gasteiger partial charge in [0.15, 0.2) is 0 Å². The first-order valence-electron chi connectivity index (χ1n) is 1.75. The number of nitrogens with zero attached hydrogens (tertiary/aromatic N) is 1. The summed E-state index contributed by atoms with van der Waals surface area (Å²) in [6.45, 7) is 1.99. The minimum absolute atomic E-state index is 0. The van der Waals surface area contributed by atoms with Crippen molar-refractivity contribution in [2.24, 2.45) is 0 Å². The van der Waals surface area contributed by atoms with E-state index in [1.807, 2.05) is 12.3 Å². The molecule has 1 aromatic rings. The highest BCUT2D eigenvalue weighted by Crippen LogP contribution is 1.98. The molecule has 2 nitrogen and oxygen atoms in total. The summed E-state index contributed by atoms with van der Waals surface area (Å²) < 4.78 is 0. The highest BCUT2D eigenvalue weighted by atomic mass is 32.1. The van der Waals surface area contributed by atoms with Gasteiger partial charge in [-0.25, -0.2) is 0 Å². The zero-order chi connectivity index (χ0) is 4.41. The van der Waals surface area contributed by atoms with Crippen LogP contribution in [0.2, 0.25) is 0 Å². The van der Waals surface area contributed by atoms with Crippen LogP contribution in [0.15, 0.2) is 11.6 Å². The molecule has 1 heterocycles. The third-order valence-electron chi connectivity index (χ3n) is 0.556. The van der Waals surface area contributed by atoms with Crippen molar-refractivity contribution in [3.8, 4) is 0 Å². The number of aromatic nitrogens is 1. The largest absolute Gasteiger partial charge is 0.344 e. The molecule has 8 heavy (non-hydrogen) atoms. The molecule has 0 unspecified atom stereocenters. The number of rotatable bonds is 0. The molecular formula is C5H12N2S. The number of hydrogen-bond acceptors (Lipinski definition) is 3. The summed E-state index contributed by atoms with van der Waals surface area (Å²) in [5, 5.41) is 3.10. The molecule has 0 fully saturated rings. The zero-order valence-electron chi connectivity index (χ0n) is 4.22. The van der Waals surface area contributed by atoms with Crippen LogP contribution >= 0.6 is 11.3 Å². The third-order valence-corrected chi connectivity index (χ3v) is 1.26. The Hall–Kier alpha value is -0.410. The molecule has 0 amide bonds. The van der Waals surface area contributed by atoms with Crippen molar-refractivity contribution in [1.29, 1.82) is 0 Å². The molecule has 48 valence electrons. The van der Waals surface area contributed by atoms with Crippen molar-refractivity contribution in [2.45, 2.75) is 14.4 Å². The molecule has 3 N–H and O–H groups in total. The summed E-state index contributed by atoms with van der Waals surface area (Å²) >= 11 is 1.67. The Kier molecular flexibility index (Phi) is 6.25. The lowest BCUT2D eigenvalue weighted by molar-refractivity contribution is 1.30. The van der Waals surface area contributed by atoms with E-state index in [1.165, 1.54) is 0 Å². The van der Waals surface area contributed by atoms with Crippen molar-refractivity contribution < 1.29 is 0 Å². The van der Waals surface area contributed by atoms with Crippen molar-refractivity contribution in [1.82, 2.24) is 11.1 Å². The van der Waals surface area contributed by atoms with Gasteiger partial charge in [-0.15, -0.1) is 11.3 Å². The lowest BCUT2D eigenvalue weighted by atomic mass is 10.8. The molecule has 0 aliphatic carbocycles. The SMILES string of the molecule is C.Cc1nccs1.N. The Morgan fingerprint density at radius 1 is 1.62 bits per heavy atom. The molecule has 0 saturated heterocycles. The van der Waals surface area contributed by atoms with Gasteiger partial charge in [0, 0.05) is 11.6 Å². The van der Waals surface area contributed by atoms with Gasteiger partial charge in [-0.3, -0.25) is 4.98 Å². The lowest BCUT2D eigenvalue weighted by Crippen LogP contribution is -1.56. The van der Waals surface area contributed by atoms with Gasteiger partial charge in [-0.1, -0.05) is 7.43 Å². The van der Waals surface area contributed by atoms with Gasteiger partial charge in [0.05, 0.1) is 5.01 Å². The fourth-order valence-electron chi connectivity index (χ4n) is 0.295. The number of hydrogen-bond donors (Lipinski definition) is 1. The molecule has 0 atom stereocenters. The summed E-state index contributed by atoms with van der Waals surface area (Å²) in [6, 6.07) is 0. The second-order valence-corrected chi connectivity index (χ2v) is 2.15.